The highest BCUT2D eigenvalue weighted by Gasteiger charge is 2.24. The third kappa shape index (κ3) is 4.75. The zero-order chi connectivity index (χ0) is 12.0. The lowest BCUT2D eigenvalue weighted by atomic mass is 10.2. The van der Waals surface area contributed by atoms with Gasteiger partial charge in [-0.25, -0.2) is 0 Å². The lowest BCUT2D eigenvalue weighted by Gasteiger charge is -2.24. The van der Waals surface area contributed by atoms with Gasteiger partial charge in [0.05, 0.1) is 13.2 Å². The molecule has 0 aliphatic heterocycles. The van der Waals surface area contributed by atoms with E-state index in [0.717, 1.165) is 0 Å². The summed E-state index contributed by atoms with van der Waals surface area (Å²) in [6.45, 7) is 0.125. The molecule has 0 aromatic heterocycles. The van der Waals surface area contributed by atoms with Gasteiger partial charge in [0.15, 0.2) is 0 Å². The Morgan fingerprint density at radius 1 is 1.33 bits per heavy atom. The Labute approximate surface area is 89.4 Å². The Morgan fingerprint density at radius 2 is 1.87 bits per heavy atom. The van der Waals surface area contributed by atoms with E-state index >= 15 is 0 Å². The van der Waals surface area contributed by atoms with Crippen LogP contribution >= 0.6 is 0 Å². The van der Waals surface area contributed by atoms with Crippen LogP contribution in [-0.2, 0) is 14.3 Å². The van der Waals surface area contributed by atoms with E-state index in [2.05, 4.69) is 0 Å². The van der Waals surface area contributed by atoms with Crippen LogP contribution in [0, 0.1) is 0 Å². The lowest BCUT2D eigenvalue weighted by Crippen LogP contribution is -2.46. The van der Waals surface area contributed by atoms with Crippen molar-refractivity contribution in [1.82, 2.24) is 9.80 Å². The highest BCUT2D eigenvalue weighted by molar-refractivity contribution is 5.79. The molecule has 1 N–H and O–H groups in total. The fourth-order valence-corrected chi connectivity index (χ4v) is 1.01. The molecule has 1 atom stereocenters. The van der Waals surface area contributed by atoms with Crippen LogP contribution in [0.3, 0.4) is 0 Å². The maximum atomic E-state index is 11.3. The number of carbonyl (C=O) groups excluding carboxylic acids is 1. The molecule has 0 spiro atoms. The fourth-order valence-electron chi connectivity index (χ4n) is 1.01. The Kier molecular flexibility index (Phi) is 5.88. The van der Waals surface area contributed by atoms with Gasteiger partial charge in [-0.15, -0.1) is 0 Å². The number of hydrogen-bond acceptors (Lipinski definition) is 4. The monoisotopic (exact) mass is 218 g/mol. The summed E-state index contributed by atoms with van der Waals surface area (Å²) >= 11 is 0. The van der Waals surface area contributed by atoms with Gasteiger partial charge >= 0.3 is 5.97 Å². The van der Waals surface area contributed by atoms with Crippen LogP contribution in [0.2, 0.25) is 0 Å². The quantitative estimate of drug-likeness (QED) is 0.626. The SMILES string of the molecule is COCC(C(=O)O)N(C)CC(=O)N(C)C. The molecular formula is C9H18N2O4. The van der Waals surface area contributed by atoms with Crippen molar-refractivity contribution in [2.75, 3.05) is 41.4 Å². The molecule has 6 nitrogen and oxygen atoms in total. The second-order valence-electron chi connectivity index (χ2n) is 3.51. The van der Waals surface area contributed by atoms with Gasteiger partial charge in [0.1, 0.15) is 6.04 Å². The maximum absolute atomic E-state index is 11.3. The van der Waals surface area contributed by atoms with E-state index in [9.17, 15) is 9.59 Å². The van der Waals surface area contributed by atoms with Crippen molar-refractivity contribution in [1.29, 1.82) is 0 Å². The summed E-state index contributed by atoms with van der Waals surface area (Å²) in [5.41, 5.74) is 0. The van der Waals surface area contributed by atoms with Crippen LogP contribution in [0.5, 0.6) is 0 Å². The Hall–Kier alpha value is -1.14. The minimum atomic E-state index is -0.995. The minimum Gasteiger partial charge on any atom is -0.480 e. The van der Waals surface area contributed by atoms with Crippen LogP contribution in [0.4, 0.5) is 0 Å². The predicted octanol–water partition coefficient (Wildman–Crippen LogP) is -0.894. The minimum absolute atomic E-state index is 0.0620. The molecule has 6 heteroatoms. The first-order valence-electron chi connectivity index (χ1n) is 4.52. The molecule has 0 aliphatic rings. The molecule has 0 radical (unpaired) electrons. The standard InChI is InChI=1S/C9H18N2O4/c1-10(2)8(12)5-11(3)7(6-15-4)9(13)14/h7H,5-6H2,1-4H3,(H,13,14). The van der Waals surface area contributed by atoms with Gasteiger partial charge in [-0.2, -0.15) is 0 Å². The Morgan fingerprint density at radius 3 is 2.20 bits per heavy atom. The Bertz CT molecular complexity index is 230. The van der Waals surface area contributed by atoms with Crippen LogP contribution in [0.25, 0.3) is 0 Å². The summed E-state index contributed by atoms with van der Waals surface area (Å²) in [7, 11) is 6.27. The number of carboxylic acids is 1. The number of likely N-dealkylation sites (N-methyl/N-ethyl adjacent to an activating group) is 2. The molecule has 0 saturated heterocycles. The first-order chi connectivity index (χ1) is 6.90. The first-order valence-corrected chi connectivity index (χ1v) is 4.52. The van der Waals surface area contributed by atoms with Crippen molar-refractivity contribution in [3.63, 3.8) is 0 Å². The van der Waals surface area contributed by atoms with E-state index < -0.39 is 12.0 Å². The van der Waals surface area contributed by atoms with Crippen LogP contribution in [-0.4, -0.2) is 74.2 Å². The van der Waals surface area contributed by atoms with Crippen LogP contribution in [0.1, 0.15) is 0 Å². The maximum Gasteiger partial charge on any atom is 0.323 e. The van der Waals surface area contributed by atoms with E-state index in [1.54, 1.807) is 21.1 Å². The second kappa shape index (κ2) is 6.36. The molecule has 0 heterocycles. The molecule has 88 valence electrons. The van der Waals surface area contributed by atoms with Gasteiger partial charge < -0.3 is 14.7 Å². The second-order valence-corrected chi connectivity index (χ2v) is 3.51. The predicted molar refractivity (Wildman–Crippen MR) is 54.6 cm³/mol. The average Bonchev–Trinajstić information content (AvgIpc) is 2.12. The summed E-state index contributed by atoms with van der Waals surface area (Å²) in [5, 5.41) is 8.88. The highest BCUT2D eigenvalue weighted by Crippen LogP contribution is 1.98. The first kappa shape index (κ1) is 13.9. The summed E-state index contributed by atoms with van der Waals surface area (Å²) < 4.78 is 4.78. The smallest absolute Gasteiger partial charge is 0.323 e. The van der Waals surface area contributed by atoms with Crippen molar-refractivity contribution in [3.8, 4) is 0 Å². The van der Waals surface area contributed by atoms with E-state index in [1.165, 1.54) is 16.9 Å². The fraction of sp³-hybridized carbons (Fsp3) is 0.778. The molecule has 15 heavy (non-hydrogen) atoms. The van der Waals surface area contributed by atoms with Gasteiger partial charge in [-0.05, 0) is 7.05 Å². The zero-order valence-corrected chi connectivity index (χ0v) is 9.56. The van der Waals surface area contributed by atoms with Crippen molar-refractivity contribution >= 4 is 11.9 Å². The normalized spacial score (nSPS) is 12.6. The molecule has 1 amide bonds. The van der Waals surface area contributed by atoms with Crippen LogP contribution in [0.15, 0.2) is 0 Å². The summed E-state index contributed by atoms with van der Waals surface area (Å²) in [6, 6.07) is -0.793. The highest BCUT2D eigenvalue weighted by atomic mass is 16.5. The number of nitrogens with zero attached hydrogens (tertiary/aromatic N) is 2. The largest absolute Gasteiger partial charge is 0.480 e. The third-order valence-electron chi connectivity index (χ3n) is 2.03. The van der Waals surface area contributed by atoms with Crippen molar-refractivity contribution in [2.45, 2.75) is 6.04 Å². The summed E-state index contributed by atoms with van der Waals surface area (Å²) in [6.07, 6.45) is 0. The molecule has 0 fully saturated rings. The molecular weight excluding hydrogens is 200 g/mol. The number of methoxy groups -OCH3 is 1. The number of rotatable bonds is 6. The number of ether oxygens (including phenoxy) is 1. The molecule has 0 aliphatic carbocycles. The zero-order valence-electron chi connectivity index (χ0n) is 9.56. The number of amides is 1. The molecule has 0 aromatic carbocycles. The van der Waals surface area contributed by atoms with Gasteiger partial charge in [0, 0.05) is 21.2 Å². The molecule has 0 bridgehead atoms. The number of carboxylic acid groups (broad SMARTS) is 1. The summed E-state index contributed by atoms with van der Waals surface area (Å²) in [5.74, 6) is -1.13. The number of aliphatic carboxylic acids is 1. The van der Waals surface area contributed by atoms with Gasteiger partial charge in [-0.3, -0.25) is 14.5 Å². The van der Waals surface area contributed by atoms with E-state index in [4.69, 9.17) is 9.84 Å². The lowest BCUT2D eigenvalue weighted by molar-refractivity contribution is -0.145. The summed E-state index contributed by atoms with van der Waals surface area (Å²) in [4.78, 5) is 25.0. The van der Waals surface area contributed by atoms with E-state index in [0.29, 0.717) is 0 Å². The molecule has 0 saturated carbocycles. The van der Waals surface area contributed by atoms with E-state index in [-0.39, 0.29) is 19.1 Å². The van der Waals surface area contributed by atoms with Crippen LogP contribution < -0.4 is 0 Å². The molecule has 0 rings (SSSR count). The topological polar surface area (TPSA) is 70.1 Å². The van der Waals surface area contributed by atoms with Gasteiger partial charge in [0.2, 0.25) is 5.91 Å². The number of hydrogen-bond donors (Lipinski definition) is 1. The molecule has 1 unspecified atom stereocenters. The van der Waals surface area contributed by atoms with Crippen molar-refractivity contribution in [3.05, 3.63) is 0 Å². The van der Waals surface area contributed by atoms with Crippen molar-refractivity contribution in [2.24, 2.45) is 0 Å². The third-order valence-corrected chi connectivity index (χ3v) is 2.03. The van der Waals surface area contributed by atoms with Gasteiger partial charge in [0.25, 0.3) is 0 Å². The Balaban J connectivity index is 4.31. The van der Waals surface area contributed by atoms with E-state index in [1.807, 2.05) is 0 Å². The molecule has 0 aromatic rings. The number of carbonyl (C=O) groups is 2. The average molecular weight is 218 g/mol. The van der Waals surface area contributed by atoms with Crippen molar-refractivity contribution < 1.29 is 19.4 Å². The van der Waals surface area contributed by atoms with Gasteiger partial charge in [-0.1, -0.05) is 0 Å².